The van der Waals surface area contributed by atoms with E-state index in [1.54, 1.807) is 7.11 Å². The van der Waals surface area contributed by atoms with Crippen molar-refractivity contribution in [2.45, 2.75) is 25.4 Å². The molecule has 0 aliphatic heterocycles. The number of aliphatic imine (C=N–C) groups is 1. The maximum atomic E-state index is 9.68. The van der Waals surface area contributed by atoms with Crippen LogP contribution in [0.3, 0.4) is 0 Å². The first kappa shape index (κ1) is 10.6. The summed E-state index contributed by atoms with van der Waals surface area (Å²) in [6.45, 7) is 2.75. The van der Waals surface area contributed by atoms with Gasteiger partial charge in [0, 0.05) is 7.11 Å². The molecular formula is C7H15NO2Si. The van der Waals surface area contributed by atoms with Crippen molar-refractivity contribution in [3.8, 4) is 0 Å². The Morgan fingerprint density at radius 1 is 1.64 bits per heavy atom. The molecule has 0 bridgehead atoms. The lowest BCUT2D eigenvalue weighted by Crippen LogP contribution is -2.13. The quantitative estimate of drug-likeness (QED) is 0.261. The summed E-state index contributed by atoms with van der Waals surface area (Å²) in [6.07, 6.45) is 2.49. The molecule has 0 saturated heterocycles. The van der Waals surface area contributed by atoms with Gasteiger partial charge >= 0.3 is 0 Å². The van der Waals surface area contributed by atoms with E-state index in [9.17, 15) is 4.79 Å². The van der Waals surface area contributed by atoms with Gasteiger partial charge in [0.2, 0.25) is 6.08 Å². The Morgan fingerprint density at radius 2 is 2.36 bits per heavy atom. The van der Waals surface area contributed by atoms with Gasteiger partial charge in [0.1, 0.15) is 0 Å². The van der Waals surface area contributed by atoms with Crippen molar-refractivity contribution in [1.82, 2.24) is 0 Å². The molecule has 0 aromatic heterocycles. The summed E-state index contributed by atoms with van der Waals surface area (Å²) < 4.78 is 5.28. The number of hydrogen-bond acceptors (Lipinski definition) is 3. The number of isocyanates is 1. The minimum absolute atomic E-state index is 0.608. The van der Waals surface area contributed by atoms with Crippen LogP contribution >= 0.6 is 0 Å². The van der Waals surface area contributed by atoms with E-state index in [2.05, 4.69) is 11.9 Å². The van der Waals surface area contributed by atoms with Gasteiger partial charge in [-0.05, 0) is 18.5 Å². The average Bonchev–Trinajstić information content (AvgIpc) is 2.05. The zero-order chi connectivity index (χ0) is 8.53. The molecule has 0 fully saturated rings. The molecule has 0 radical (unpaired) electrons. The lowest BCUT2D eigenvalue weighted by Gasteiger charge is -2.08. The summed E-state index contributed by atoms with van der Waals surface area (Å²) in [7, 11) is 0.843. The van der Waals surface area contributed by atoms with Crippen LogP contribution in [-0.4, -0.2) is 28.8 Å². The SMILES string of the molecule is CC[SiH](CCCN=C=O)OC. The van der Waals surface area contributed by atoms with Crippen molar-refractivity contribution in [3.63, 3.8) is 0 Å². The Bertz CT molecular complexity index is 130. The minimum atomic E-state index is -0.925. The molecule has 11 heavy (non-hydrogen) atoms. The van der Waals surface area contributed by atoms with E-state index in [0.717, 1.165) is 18.5 Å². The van der Waals surface area contributed by atoms with Crippen LogP contribution in [-0.2, 0) is 9.22 Å². The van der Waals surface area contributed by atoms with Gasteiger partial charge in [0.15, 0.2) is 9.04 Å². The molecular weight excluding hydrogens is 158 g/mol. The van der Waals surface area contributed by atoms with Gasteiger partial charge in [-0.1, -0.05) is 6.92 Å². The summed E-state index contributed by atoms with van der Waals surface area (Å²) in [5, 5.41) is 0. The van der Waals surface area contributed by atoms with Gasteiger partial charge < -0.3 is 4.43 Å². The predicted octanol–water partition coefficient (Wildman–Crippen LogP) is 1.10. The smallest absolute Gasteiger partial charge is 0.234 e. The van der Waals surface area contributed by atoms with Gasteiger partial charge in [-0.25, -0.2) is 9.79 Å². The van der Waals surface area contributed by atoms with E-state index in [1.807, 2.05) is 0 Å². The highest BCUT2D eigenvalue weighted by atomic mass is 28.3. The fourth-order valence-corrected chi connectivity index (χ4v) is 2.55. The second-order valence-corrected chi connectivity index (χ2v) is 5.49. The molecule has 0 aromatic carbocycles. The molecule has 4 heteroatoms. The fourth-order valence-electron chi connectivity index (χ4n) is 0.932. The summed E-state index contributed by atoms with van der Waals surface area (Å²) in [4.78, 5) is 13.2. The first-order chi connectivity index (χ1) is 5.35. The van der Waals surface area contributed by atoms with Gasteiger partial charge in [0.05, 0.1) is 6.54 Å². The van der Waals surface area contributed by atoms with E-state index in [1.165, 1.54) is 6.08 Å². The molecule has 1 atom stereocenters. The summed E-state index contributed by atoms with van der Waals surface area (Å²) in [5.74, 6) is 0. The number of hydrogen-bond donors (Lipinski definition) is 0. The highest BCUT2D eigenvalue weighted by Crippen LogP contribution is 2.02. The van der Waals surface area contributed by atoms with Gasteiger partial charge in [-0.15, -0.1) is 0 Å². The molecule has 3 nitrogen and oxygen atoms in total. The van der Waals surface area contributed by atoms with Crippen molar-refractivity contribution >= 4 is 15.1 Å². The van der Waals surface area contributed by atoms with Crippen molar-refractivity contribution < 1.29 is 9.22 Å². The maximum absolute atomic E-state index is 9.68. The average molecular weight is 173 g/mol. The second kappa shape index (κ2) is 7.66. The van der Waals surface area contributed by atoms with Gasteiger partial charge in [0.25, 0.3) is 0 Å². The Morgan fingerprint density at radius 3 is 2.82 bits per heavy atom. The van der Waals surface area contributed by atoms with E-state index < -0.39 is 9.04 Å². The number of nitrogens with zero attached hydrogens (tertiary/aromatic N) is 1. The molecule has 0 aliphatic carbocycles. The Kier molecular flexibility index (Phi) is 7.35. The molecule has 1 unspecified atom stereocenters. The van der Waals surface area contributed by atoms with E-state index in [0.29, 0.717) is 6.54 Å². The van der Waals surface area contributed by atoms with Gasteiger partial charge in [-0.3, -0.25) is 0 Å². The highest BCUT2D eigenvalue weighted by molar-refractivity contribution is 6.51. The normalized spacial score (nSPS) is 12.2. The third kappa shape index (κ3) is 5.98. The van der Waals surface area contributed by atoms with Crippen LogP contribution in [0, 0.1) is 0 Å². The molecule has 0 heterocycles. The van der Waals surface area contributed by atoms with E-state index in [4.69, 9.17) is 4.43 Å². The zero-order valence-corrected chi connectivity index (χ0v) is 8.32. The van der Waals surface area contributed by atoms with Crippen LogP contribution in [0.1, 0.15) is 13.3 Å². The molecule has 0 spiro atoms. The van der Waals surface area contributed by atoms with Crippen LogP contribution in [0.2, 0.25) is 12.1 Å². The number of rotatable bonds is 6. The third-order valence-electron chi connectivity index (χ3n) is 1.65. The largest absolute Gasteiger partial charge is 0.423 e. The molecule has 0 aliphatic rings. The Hall–Kier alpha value is -0.443. The standard InChI is InChI=1S/C7H15NO2Si/c1-3-11(10-2)6-4-5-8-7-9/h11H,3-6H2,1-2H3. The minimum Gasteiger partial charge on any atom is -0.423 e. The molecule has 0 rings (SSSR count). The molecule has 0 amide bonds. The molecule has 0 aromatic rings. The Labute approximate surface area is 69.2 Å². The van der Waals surface area contributed by atoms with Crippen LogP contribution in [0.5, 0.6) is 0 Å². The maximum Gasteiger partial charge on any atom is 0.234 e. The zero-order valence-electron chi connectivity index (χ0n) is 7.17. The molecule has 0 N–H and O–H groups in total. The van der Waals surface area contributed by atoms with Crippen LogP contribution < -0.4 is 0 Å². The monoisotopic (exact) mass is 173 g/mol. The summed E-state index contributed by atoms with van der Waals surface area (Å²) in [6, 6.07) is 2.26. The van der Waals surface area contributed by atoms with Crippen LogP contribution in [0.15, 0.2) is 4.99 Å². The van der Waals surface area contributed by atoms with Crippen LogP contribution in [0.4, 0.5) is 0 Å². The van der Waals surface area contributed by atoms with Crippen molar-refractivity contribution in [1.29, 1.82) is 0 Å². The highest BCUT2D eigenvalue weighted by Gasteiger charge is 2.05. The van der Waals surface area contributed by atoms with Gasteiger partial charge in [-0.2, -0.15) is 0 Å². The first-order valence-corrected chi connectivity index (χ1v) is 6.02. The topological polar surface area (TPSA) is 38.7 Å². The summed E-state index contributed by atoms with van der Waals surface area (Å²) >= 11 is 0. The summed E-state index contributed by atoms with van der Waals surface area (Å²) in [5.41, 5.74) is 0. The molecule has 64 valence electrons. The van der Waals surface area contributed by atoms with E-state index in [-0.39, 0.29) is 0 Å². The molecule has 0 saturated carbocycles. The number of carbonyl (C=O) groups excluding carboxylic acids is 1. The first-order valence-electron chi connectivity index (χ1n) is 3.91. The fraction of sp³-hybridized carbons (Fsp3) is 0.857. The Balaban J connectivity index is 3.27. The van der Waals surface area contributed by atoms with Crippen molar-refractivity contribution in [2.75, 3.05) is 13.7 Å². The van der Waals surface area contributed by atoms with E-state index >= 15 is 0 Å². The third-order valence-corrected chi connectivity index (χ3v) is 4.28. The lowest BCUT2D eigenvalue weighted by molar-refractivity contribution is 0.417. The second-order valence-electron chi connectivity index (χ2n) is 2.38. The van der Waals surface area contributed by atoms with Crippen LogP contribution in [0.25, 0.3) is 0 Å². The van der Waals surface area contributed by atoms with Crippen molar-refractivity contribution in [2.24, 2.45) is 4.99 Å². The lowest BCUT2D eigenvalue weighted by atomic mass is 10.5. The predicted molar refractivity (Wildman–Crippen MR) is 47.1 cm³/mol. The van der Waals surface area contributed by atoms with Crippen molar-refractivity contribution in [3.05, 3.63) is 0 Å².